The summed E-state index contributed by atoms with van der Waals surface area (Å²) in [6, 6.07) is 12.9. The number of carbonyl (C=O) groups is 2. The summed E-state index contributed by atoms with van der Waals surface area (Å²) in [5.74, 6) is 0.557. The van der Waals surface area contributed by atoms with Crippen molar-refractivity contribution in [1.82, 2.24) is 16.0 Å². The predicted molar refractivity (Wildman–Crippen MR) is 91.1 cm³/mol. The molecule has 0 unspecified atom stereocenters. The molecule has 0 saturated carbocycles. The largest absolute Gasteiger partial charge is 0.467 e. The monoisotopic (exact) mass is 329 g/mol. The Morgan fingerprint density at radius 3 is 2.46 bits per heavy atom. The first kappa shape index (κ1) is 17.7. The maximum Gasteiger partial charge on any atom is 0.321 e. The van der Waals surface area contributed by atoms with Crippen molar-refractivity contribution < 1.29 is 14.0 Å². The van der Waals surface area contributed by atoms with E-state index in [4.69, 9.17) is 4.42 Å². The number of carbonyl (C=O) groups excluding carboxylic acids is 2. The van der Waals surface area contributed by atoms with E-state index in [0.29, 0.717) is 11.7 Å². The molecule has 6 heteroatoms. The van der Waals surface area contributed by atoms with Crippen molar-refractivity contribution in [2.24, 2.45) is 5.92 Å². The Balaban J connectivity index is 1.77. The zero-order valence-electron chi connectivity index (χ0n) is 13.9. The van der Waals surface area contributed by atoms with Gasteiger partial charge in [0.2, 0.25) is 5.91 Å². The number of imide groups is 1. The molecule has 0 spiro atoms. The number of rotatable bonds is 7. The summed E-state index contributed by atoms with van der Waals surface area (Å²) in [4.78, 5) is 23.6. The molecule has 1 heterocycles. The fraction of sp³-hybridized carbons (Fsp3) is 0.333. The summed E-state index contributed by atoms with van der Waals surface area (Å²) in [5.41, 5.74) is 1.11. The molecule has 1 aromatic carbocycles. The Kier molecular flexibility index (Phi) is 6.57. The summed E-state index contributed by atoms with van der Waals surface area (Å²) in [6.45, 7) is 4.46. The van der Waals surface area contributed by atoms with Crippen LogP contribution in [0.2, 0.25) is 0 Å². The van der Waals surface area contributed by atoms with Gasteiger partial charge in [0.05, 0.1) is 19.4 Å². The molecule has 0 fully saturated rings. The van der Waals surface area contributed by atoms with Crippen molar-refractivity contribution in [3.05, 3.63) is 60.1 Å². The molecule has 2 rings (SSSR count). The lowest BCUT2D eigenvalue weighted by Gasteiger charge is -2.22. The highest BCUT2D eigenvalue weighted by Crippen LogP contribution is 2.20. The standard InChI is InChI=1S/C18H23N3O3/c1-13(2)17(14-7-4-3-5-8-14)19-12-16(22)21-18(23)20-11-15-9-6-10-24-15/h3-10,13,17,19H,11-12H2,1-2H3,(H2,20,21,22,23)/t17-/m1/s1. The second-order valence-electron chi connectivity index (χ2n) is 5.82. The van der Waals surface area contributed by atoms with Crippen LogP contribution in [0.25, 0.3) is 0 Å². The van der Waals surface area contributed by atoms with E-state index in [9.17, 15) is 9.59 Å². The van der Waals surface area contributed by atoms with Gasteiger partial charge in [-0.25, -0.2) is 4.79 Å². The van der Waals surface area contributed by atoms with Crippen molar-refractivity contribution in [3.8, 4) is 0 Å². The first-order chi connectivity index (χ1) is 11.6. The molecule has 128 valence electrons. The van der Waals surface area contributed by atoms with Gasteiger partial charge in [0.25, 0.3) is 0 Å². The predicted octanol–water partition coefficient (Wildman–Crippen LogP) is 2.59. The van der Waals surface area contributed by atoms with E-state index in [2.05, 4.69) is 29.8 Å². The summed E-state index contributed by atoms with van der Waals surface area (Å²) < 4.78 is 5.10. The van der Waals surface area contributed by atoms with Gasteiger partial charge in [-0.15, -0.1) is 0 Å². The highest BCUT2D eigenvalue weighted by molar-refractivity contribution is 5.95. The average Bonchev–Trinajstić information content (AvgIpc) is 3.07. The quantitative estimate of drug-likeness (QED) is 0.729. The van der Waals surface area contributed by atoms with Crippen LogP contribution in [-0.4, -0.2) is 18.5 Å². The third kappa shape index (κ3) is 5.55. The van der Waals surface area contributed by atoms with E-state index in [0.717, 1.165) is 5.56 Å². The summed E-state index contributed by atoms with van der Waals surface area (Å²) in [7, 11) is 0. The number of amides is 3. The molecule has 3 amide bonds. The van der Waals surface area contributed by atoms with E-state index in [-0.39, 0.29) is 25.0 Å². The van der Waals surface area contributed by atoms with Crippen LogP contribution in [-0.2, 0) is 11.3 Å². The first-order valence-corrected chi connectivity index (χ1v) is 7.94. The third-order valence-electron chi connectivity index (χ3n) is 3.56. The van der Waals surface area contributed by atoms with Crippen LogP contribution >= 0.6 is 0 Å². The zero-order chi connectivity index (χ0) is 17.4. The maximum atomic E-state index is 11.9. The van der Waals surface area contributed by atoms with Crippen molar-refractivity contribution >= 4 is 11.9 Å². The van der Waals surface area contributed by atoms with Crippen LogP contribution in [0.5, 0.6) is 0 Å². The summed E-state index contributed by atoms with van der Waals surface area (Å²) in [6.07, 6.45) is 1.53. The maximum absolute atomic E-state index is 11.9. The van der Waals surface area contributed by atoms with Crippen LogP contribution < -0.4 is 16.0 Å². The molecule has 0 bridgehead atoms. The lowest BCUT2D eigenvalue weighted by molar-refractivity contribution is -0.119. The normalized spacial score (nSPS) is 12.0. The van der Waals surface area contributed by atoms with Crippen LogP contribution in [0, 0.1) is 5.92 Å². The Morgan fingerprint density at radius 2 is 1.83 bits per heavy atom. The summed E-state index contributed by atoms with van der Waals surface area (Å²) in [5, 5.41) is 8.06. The highest BCUT2D eigenvalue weighted by Gasteiger charge is 2.17. The number of urea groups is 1. The number of hydrogen-bond donors (Lipinski definition) is 3. The number of nitrogens with one attached hydrogen (secondary N) is 3. The number of furan rings is 1. The minimum absolute atomic E-state index is 0.0446. The molecule has 0 saturated heterocycles. The lowest BCUT2D eigenvalue weighted by atomic mass is 9.96. The molecule has 6 nitrogen and oxygen atoms in total. The molecular weight excluding hydrogens is 306 g/mol. The van der Waals surface area contributed by atoms with Crippen LogP contribution in [0.4, 0.5) is 4.79 Å². The third-order valence-corrected chi connectivity index (χ3v) is 3.56. The van der Waals surface area contributed by atoms with Gasteiger partial charge in [-0.05, 0) is 23.6 Å². The van der Waals surface area contributed by atoms with E-state index < -0.39 is 6.03 Å². The van der Waals surface area contributed by atoms with Gasteiger partial charge in [0, 0.05) is 6.04 Å². The molecular formula is C18H23N3O3. The van der Waals surface area contributed by atoms with Crippen molar-refractivity contribution in [1.29, 1.82) is 0 Å². The van der Waals surface area contributed by atoms with Gasteiger partial charge >= 0.3 is 6.03 Å². The zero-order valence-corrected chi connectivity index (χ0v) is 13.9. The molecule has 1 atom stereocenters. The van der Waals surface area contributed by atoms with Gasteiger partial charge in [0.1, 0.15) is 5.76 Å². The molecule has 24 heavy (non-hydrogen) atoms. The fourth-order valence-corrected chi connectivity index (χ4v) is 2.40. The van der Waals surface area contributed by atoms with Gasteiger partial charge < -0.3 is 15.1 Å². The smallest absolute Gasteiger partial charge is 0.321 e. The minimum atomic E-state index is -0.543. The van der Waals surface area contributed by atoms with Gasteiger partial charge in [0.15, 0.2) is 0 Å². The molecule has 1 aromatic heterocycles. The molecule has 0 aliphatic rings. The Morgan fingerprint density at radius 1 is 1.08 bits per heavy atom. The molecule has 0 aliphatic carbocycles. The van der Waals surface area contributed by atoms with E-state index in [1.165, 1.54) is 6.26 Å². The molecule has 2 aromatic rings. The van der Waals surface area contributed by atoms with Gasteiger partial charge in [-0.2, -0.15) is 0 Å². The van der Waals surface area contributed by atoms with Gasteiger partial charge in [-0.1, -0.05) is 44.2 Å². The highest BCUT2D eigenvalue weighted by atomic mass is 16.3. The SMILES string of the molecule is CC(C)[C@@H](NCC(=O)NC(=O)NCc1ccco1)c1ccccc1. The topological polar surface area (TPSA) is 83.4 Å². The fourth-order valence-electron chi connectivity index (χ4n) is 2.40. The van der Waals surface area contributed by atoms with E-state index >= 15 is 0 Å². The Bertz CT molecular complexity index is 639. The molecule has 3 N–H and O–H groups in total. The first-order valence-electron chi connectivity index (χ1n) is 7.94. The summed E-state index contributed by atoms with van der Waals surface area (Å²) >= 11 is 0. The minimum Gasteiger partial charge on any atom is -0.467 e. The lowest BCUT2D eigenvalue weighted by Crippen LogP contribution is -2.44. The van der Waals surface area contributed by atoms with E-state index in [1.807, 2.05) is 30.3 Å². The number of hydrogen-bond acceptors (Lipinski definition) is 4. The van der Waals surface area contributed by atoms with Gasteiger partial charge in [-0.3, -0.25) is 10.1 Å². The average molecular weight is 329 g/mol. The van der Waals surface area contributed by atoms with E-state index in [1.54, 1.807) is 12.1 Å². The molecule has 0 radical (unpaired) electrons. The van der Waals surface area contributed by atoms with Crippen LogP contribution in [0.3, 0.4) is 0 Å². The number of benzene rings is 1. The second-order valence-corrected chi connectivity index (χ2v) is 5.82. The van der Waals surface area contributed by atoms with Crippen LogP contribution in [0.15, 0.2) is 53.1 Å². The molecule has 0 aliphatic heterocycles. The van der Waals surface area contributed by atoms with Crippen molar-refractivity contribution in [2.75, 3.05) is 6.54 Å². The van der Waals surface area contributed by atoms with Crippen molar-refractivity contribution in [3.63, 3.8) is 0 Å². The Labute approximate surface area is 141 Å². The Hall–Kier alpha value is -2.60. The second kappa shape index (κ2) is 8.88. The van der Waals surface area contributed by atoms with Crippen molar-refractivity contribution in [2.45, 2.75) is 26.4 Å². The van der Waals surface area contributed by atoms with Crippen LogP contribution in [0.1, 0.15) is 31.2 Å².